The number of benzene rings is 1. The lowest BCUT2D eigenvalue weighted by Crippen LogP contribution is -2.30. The Balaban J connectivity index is 2.48. The summed E-state index contributed by atoms with van der Waals surface area (Å²) in [7, 11) is 0. The minimum Gasteiger partial charge on any atom is -0.508 e. The second-order valence-electron chi connectivity index (χ2n) is 5.12. The van der Waals surface area contributed by atoms with Gasteiger partial charge in [-0.05, 0) is 37.5 Å². The van der Waals surface area contributed by atoms with Gasteiger partial charge in [-0.1, -0.05) is 45.2 Å². The first-order valence-electron chi connectivity index (χ1n) is 7.22. The number of phenolic OH excluding ortho intramolecular Hbond substituents is 1. The second-order valence-corrected chi connectivity index (χ2v) is 5.12. The molecule has 0 spiro atoms. The summed E-state index contributed by atoms with van der Waals surface area (Å²) in [6.07, 6.45) is 6.21. The van der Waals surface area contributed by atoms with Crippen LogP contribution >= 0.6 is 0 Å². The number of nitrogens with one attached hydrogen (secondary N) is 1. The lowest BCUT2D eigenvalue weighted by atomic mass is 10.0. The predicted octanol–water partition coefficient (Wildman–Crippen LogP) is 4.40. The topological polar surface area (TPSA) is 32.3 Å². The minimum absolute atomic E-state index is 0.338. The molecule has 1 rings (SSSR count). The first-order valence-corrected chi connectivity index (χ1v) is 7.22. The van der Waals surface area contributed by atoms with Gasteiger partial charge in [-0.2, -0.15) is 0 Å². The molecule has 2 N–H and O–H groups in total. The first kappa shape index (κ1) is 15.0. The van der Waals surface area contributed by atoms with E-state index in [4.69, 9.17) is 0 Å². The minimum atomic E-state index is 0.338. The van der Waals surface area contributed by atoms with Crippen LogP contribution in [0.25, 0.3) is 0 Å². The molecule has 102 valence electrons. The van der Waals surface area contributed by atoms with Crippen molar-refractivity contribution in [3.05, 3.63) is 29.8 Å². The summed E-state index contributed by atoms with van der Waals surface area (Å²) in [5, 5.41) is 13.0. The van der Waals surface area contributed by atoms with Crippen LogP contribution in [-0.4, -0.2) is 11.1 Å². The zero-order valence-electron chi connectivity index (χ0n) is 11.9. The van der Waals surface area contributed by atoms with Crippen LogP contribution in [0.1, 0.15) is 64.5 Å². The molecule has 18 heavy (non-hydrogen) atoms. The van der Waals surface area contributed by atoms with Gasteiger partial charge in [0, 0.05) is 12.1 Å². The van der Waals surface area contributed by atoms with E-state index in [1.807, 2.05) is 12.1 Å². The molecule has 0 amide bonds. The smallest absolute Gasteiger partial charge is 0.115 e. The third kappa shape index (κ3) is 5.09. The fraction of sp³-hybridized carbons (Fsp3) is 0.625. The van der Waals surface area contributed by atoms with E-state index in [0.717, 1.165) is 6.42 Å². The van der Waals surface area contributed by atoms with Crippen molar-refractivity contribution in [1.29, 1.82) is 0 Å². The molecule has 0 radical (unpaired) electrons. The molecule has 0 bridgehead atoms. The number of aromatic hydroxyl groups is 1. The van der Waals surface area contributed by atoms with Gasteiger partial charge >= 0.3 is 0 Å². The second kappa shape index (κ2) is 8.15. The van der Waals surface area contributed by atoms with Crippen molar-refractivity contribution in [3.8, 4) is 5.75 Å². The summed E-state index contributed by atoms with van der Waals surface area (Å²) in [6, 6.07) is 8.49. The van der Waals surface area contributed by atoms with E-state index < -0.39 is 0 Å². The van der Waals surface area contributed by atoms with E-state index in [1.165, 1.54) is 31.2 Å². The standard InChI is InChI=1S/C16H27NO/c1-4-6-7-8-13(3)17-16(5-2)14-9-11-15(18)12-10-14/h9-13,16-18H,4-8H2,1-3H3. The number of phenols is 1. The van der Waals surface area contributed by atoms with Gasteiger partial charge < -0.3 is 10.4 Å². The monoisotopic (exact) mass is 249 g/mol. The van der Waals surface area contributed by atoms with Crippen LogP contribution in [0.2, 0.25) is 0 Å². The van der Waals surface area contributed by atoms with E-state index in [9.17, 15) is 5.11 Å². The van der Waals surface area contributed by atoms with E-state index >= 15 is 0 Å². The molecule has 0 saturated carbocycles. The Morgan fingerprint density at radius 1 is 1.11 bits per heavy atom. The molecular formula is C16H27NO. The molecule has 0 heterocycles. The van der Waals surface area contributed by atoms with Gasteiger partial charge in [0.2, 0.25) is 0 Å². The highest BCUT2D eigenvalue weighted by Crippen LogP contribution is 2.20. The average molecular weight is 249 g/mol. The van der Waals surface area contributed by atoms with Gasteiger partial charge in [0.15, 0.2) is 0 Å². The zero-order chi connectivity index (χ0) is 13.4. The summed E-state index contributed by atoms with van der Waals surface area (Å²) in [5.74, 6) is 0.338. The molecular weight excluding hydrogens is 222 g/mol. The van der Waals surface area contributed by atoms with E-state index in [2.05, 4.69) is 26.1 Å². The lowest BCUT2D eigenvalue weighted by molar-refractivity contribution is 0.414. The molecule has 0 saturated heterocycles. The Kier molecular flexibility index (Phi) is 6.81. The molecule has 2 atom stereocenters. The van der Waals surface area contributed by atoms with Gasteiger partial charge in [-0.3, -0.25) is 0 Å². The molecule has 1 aromatic rings. The molecule has 0 aliphatic heterocycles. The Bertz CT molecular complexity index is 320. The third-order valence-electron chi connectivity index (χ3n) is 3.43. The van der Waals surface area contributed by atoms with E-state index in [0.29, 0.717) is 17.8 Å². The fourth-order valence-corrected chi connectivity index (χ4v) is 2.28. The number of hydrogen-bond donors (Lipinski definition) is 2. The van der Waals surface area contributed by atoms with Crippen molar-refractivity contribution in [2.24, 2.45) is 0 Å². The van der Waals surface area contributed by atoms with Crippen LogP contribution in [0.15, 0.2) is 24.3 Å². The number of rotatable bonds is 8. The Labute approximate surface area is 111 Å². The SMILES string of the molecule is CCCCCC(C)NC(CC)c1ccc(O)cc1. The quantitative estimate of drug-likeness (QED) is 0.669. The molecule has 2 unspecified atom stereocenters. The normalized spacial score (nSPS) is 14.4. The molecule has 2 heteroatoms. The fourth-order valence-electron chi connectivity index (χ4n) is 2.28. The zero-order valence-corrected chi connectivity index (χ0v) is 11.9. The highest BCUT2D eigenvalue weighted by atomic mass is 16.3. The molecule has 0 aromatic heterocycles. The highest BCUT2D eigenvalue weighted by Gasteiger charge is 2.12. The molecule has 2 nitrogen and oxygen atoms in total. The molecule has 0 fully saturated rings. The van der Waals surface area contributed by atoms with Crippen LogP contribution < -0.4 is 5.32 Å². The summed E-state index contributed by atoms with van der Waals surface area (Å²) in [6.45, 7) is 6.70. The number of hydrogen-bond acceptors (Lipinski definition) is 2. The highest BCUT2D eigenvalue weighted by molar-refractivity contribution is 5.28. The van der Waals surface area contributed by atoms with E-state index in [-0.39, 0.29) is 0 Å². The average Bonchev–Trinajstić information content (AvgIpc) is 2.37. The van der Waals surface area contributed by atoms with Gasteiger partial charge in [0.1, 0.15) is 5.75 Å². The van der Waals surface area contributed by atoms with Gasteiger partial charge in [0.05, 0.1) is 0 Å². The van der Waals surface area contributed by atoms with Crippen LogP contribution in [0.3, 0.4) is 0 Å². The van der Waals surface area contributed by atoms with Gasteiger partial charge in [-0.15, -0.1) is 0 Å². The van der Waals surface area contributed by atoms with Crippen molar-refractivity contribution in [1.82, 2.24) is 5.32 Å². The maximum Gasteiger partial charge on any atom is 0.115 e. The van der Waals surface area contributed by atoms with Gasteiger partial charge in [0.25, 0.3) is 0 Å². The maximum atomic E-state index is 9.32. The van der Waals surface area contributed by atoms with E-state index in [1.54, 1.807) is 12.1 Å². The van der Waals surface area contributed by atoms with Crippen LogP contribution in [-0.2, 0) is 0 Å². The number of unbranched alkanes of at least 4 members (excludes halogenated alkanes) is 2. The van der Waals surface area contributed by atoms with Crippen LogP contribution in [0.4, 0.5) is 0 Å². The lowest BCUT2D eigenvalue weighted by Gasteiger charge is -2.22. The van der Waals surface area contributed by atoms with Crippen LogP contribution in [0, 0.1) is 0 Å². The molecule has 1 aromatic carbocycles. The largest absolute Gasteiger partial charge is 0.508 e. The van der Waals surface area contributed by atoms with Crippen molar-refractivity contribution in [2.75, 3.05) is 0 Å². The maximum absolute atomic E-state index is 9.32. The third-order valence-corrected chi connectivity index (χ3v) is 3.43. The molecule has 0 aliphatic rings. The van der Waals surface area contributed by atoms with Crippen molar-refractivity contribution in [3.63, 3.8) is 0 Å². The Hall–Kier alpha value is -1.02. The Morgan fingerprint density at radius 3 is 2.33 bits per heavy atom. The molecule has 0 aliphatic carbocycles. The summed E-state index contributed by atoms with van der Waals surface area (Å²) < 4.78 is 0. The first-order chi connectivity index (χ1) is 8.67. The van der Waals surface area contributed by atoms with Crippen molar-refractivity contribution in [2.45, 2.75) is 65.0 Å². The predicted molar refractivity (Wildman–Crippen MR) is 77.9 cm³/mol. The summed E-state index contributed by atoms with van der Waals surface area (Å²) >= 11 is 0. The summed E-state index contributed by atoms with van der Waals surface area (Å²) in [4.78, 5) is 0. The van der Waals surface area contributed by atoms with Crippen LogP contribution in [0.5, 0.6) is 5.75 Å². The Morgan fingerprint density at radius 2 is 1.78 bits per heavy atom. The van der Waals surface area contributed by atoms with Crippen molar-refractivity contribution >= 4 is 0 Å². The summed E-state index contributed by atoms with van der Waals surface area (Å²) in [5.41, 5.74) is 1.26. The van der Waals surface area contributed by atoms with Crippen molar-refractivity contribution < 1.29 is 5.11 Å². The van der Waals surface area contributed by atoms with Gasteiger partial charge in [-0.25, -0.2) is 0 Å².